The van der Waals surface area contributed by atoms with Crippen LogP contribution in [0.1, 0.15) is 26.7 Å². The van der Waals surface area contributed by atoms with Crippen molar-refractivity contribution in [3.8, 4) is 5.75 Å². The molecule has 0 aliphatic heterocycles. The van der Waals surface area contributed by atoms with Gasteiger partial charge in [0.15, 0.2) is 0 Å². The predicted octanol–water partition coefficient (Wildman–Crippen LogP) is 2.71. The second-order valence-electron chi connectivity index (χ2n) is 4.80. The Bertz CT molecular complexity index is 498. The summed E-state index contributed by atoms with van der Waals surface area (Å²) < 4.78 is 5.14. The number of carboxylic acids is 1. The van der Waals surface area contributed by atoms with Gasteiger partial charge in [-0.15, -0.1) is 0 Å². The van der Waals surface area contributed by atoms with Crippen molar-refractivity contribution in [3.63, 3.8) is 0 Å². The molecule has 0 aliphatic carbocycles. The van der Waals surface area contributed by atoms with E-state index in [1.165, 1.54) is 7.11 Å². The summed E-state index contributed by atoms with van der Waals surface area (Å²) in [5.74, 6) is -0.353. The molecule has 0 unspecified atom stereocenters. The summed E-state index contributed by atoms with van der Waals surface area (Å²) in [6.07, 6.45) is 0.904. The lowest BCUT2D eigenvalue weighted by Gasteiger charge is -2.26. The van der Waals surface area contributed by atoms with Gasteiger partial charge in [0, 0.05) is 6.54 Å². The number of carbonyl (C=O) groups excluding carboxylic acids is 1. The smallest absolute Gasteiger partial charge is 0.319 e. The van der Waals surface area contributed by atoms with Crippen molar-refractivity contribution in [1.82, 2.24) is 5.32 Å². The lowest BCUT2D eigenvalue weighted by molar-refractivity contribution is -0.149. The summed E-state index contributed by atoms with van der Waals surface area (Å²) in [7, 11) is 1.52. The number of para-hydroxylation sites is 2. The summed E-state index contributed by atoms with van der Waals surface area (Å²) >= 11 is 0. The highest BCUT2D eigenvalue weighted by molar-refractivity contribution is 5.91. The van der Waals surface area contributed by atoms with Crippen LogP contribution in [-0.2, 0) is 4.79 Å². The number of urea groups is 1. The van der Waals surface area contributed by atoms with Crippen LogP contribution in [0.5, 0.6) is 5.75 Å². The molecule has 0 heterocycles. The number of hydrogen-bond acceptors (Lipinski definition) is 3. The second-order valence-corrected chi connectivity index (χ2v) is 4.80. The molecule has 6 nitrogen and oxygen atoms in total. The van der Waals surface area contributed by atoms with E-state index < -0.39 is 17.4 Å². The molecule has 0 saturated carbocycles. The lowest BCUT2D eigenvalue weighted by atomic mass is 9.82. The molecular formula is C15H22N2O4. The van der Waals surface area contributed by atoms with E-state index in [9.17, 15) is 14.7 Å². The Morgan fingerprint density at radius 2 is 1.86 bits per heavy atom. The Morgan fingerprint density at radius 1 is 1.24 bits per heavy atom. The maximum absolute atomic E-state index is 11.9. The van der Waals surface area contributed by atoms with Gasteiger partial charge in [0.1, 0.15) is 5.75 Å². The van der Waals surface area contributed by atoms with Crippen LogP contribution in [0.3, 0.4) is 0 Å². The summed E-state index contributed by atoms with van der Waals surface area (Å²) in [5.41, 5.74) is -0.399. The summed E-state index contributed by atoms with van der Waals surface area (Å²) in [5, 5.41) is 14.6. The van der Waals surface area contributed by atoms with Gasteiger partial charge in [-0.1, -0.05) is 26.0 Å². The standard InChI is InChI=1S/C15H22N2O4/c1-4-15(5-2,13(18)19)10-16-14(20)17-11-8-6-7-9-12(11)21-3/h6-9H,4-5,10H2,1-3H3,(H,18,19)(H2,16,17,20). The highest BCUT2D eigenvalue weighted by Gasteiger charge is 2.35. The first-order valence-corrected chi connectivity index (χ1v) is 6.90. The average molecular weight is 294 g/mol. The van der Waals surface area contributed by atoms with Crippen LogP contribution in [0.2, 0.25) is 0 Å². The molecule has 0 aliphatic rings. The van der Waals surface area contributed by atoms with E-state index in [2.05, 4.69) is 10.6 Å². The fraction of sp³-hybridized carbons (Fsp3) is 0.467. The number of aliphatic carboxylic acids is 1. The lowest BCUT2D eigenvalue weighted by Crippen LogP contribution is -2.43. The molecule has 1 aromatic rings. The number of anilines is 1. The number of amides is 2. The number of nitrogens with one attached hydrogen (secondary N) is 2. The van der Waals surface area contributed by atoms with Gasteiger partial charge in [0.25, 0.3) is 0 Å². The van der Waals surface area contributed by atoms with E-state index in [1.807, 2.05) is 0 Å². The number of carbonyl (C=O) groups is 2. The van der Waals surface area contributed by atoms with Gasteiger partial charge in [0.2, 0.25) is 0 Å². The zero-order valence-electron chi connectivity index (χ0n) is 12.6. The fourth-order valence-electron chi connectivity index (χ4n) is 2.04. The van der Waals surface area contributed by atoms with Crippen molar-refractivity contribution < 1.29 is 19.4 Å². The van der Waals surface area contributed by atoms with Crippen LogP contribution in [0.15, 0.2) is 24.3 Å². The van der Waals surface area contributed by atoms with Crippen molar-refractivity contribution in [1.29, 1.82) is 0 Å². The first-order chi connectivity index (χ1) is 9.99. The van der Waals surface area contributed by atoms with Crippen molar-refractivity contribution in [2.45, 2.75) is 26.7 Å². The normalized spacial score (nSPS) is 10.8. The van der Waals surface area contributed by atoms with Crippen LogP contribution in [0, 0.1) is 5.41 Å². The number of methoxy groups -OCH3 is 1. The molecule has 0 bridgehead atoms. The summed E-state index contributed by atoms with van der Waals surface area (Å²) in [6.45, 7) is 3.69. The maximum atomic E-state index is 11.9. The minimum Gasteiger partial charge on any atom is -0.495 e. The Balaban J connectivity index is 2.68. The van der Waals surface area contributed by atoms with Crippen molar-refractivity contribution >= 4 is 17.7 Å². The van der Waals surface area contributed by atoms with Crippen LogP contribution in [0.4, 0.5) is 10.5 Å². The largest absolute Gasteiger partial charge is 0.495 e. The van der Waals surface area contributed by atoms with E-state index >= 15 is 0 Å². The highest BCUT2D eigenvalue weighted by atomic mass is 16.5. The van der Waals surface area contributed by atoms with Gasteiger partial charge < -0.3 is 20.5 Å². The van der Waals surface area contributed by atoms with Crippen molar-refractivity contribution in [2.24, 2.45) is 5.41 Å². The highest BCUT2D eigenvalue weighted by Crippen LogP contribution is 2.26. The van der Waals surface area contributed by atoms with E-state index in [4.69, 9.17) is 4.74 Å². The first-order valence-electron chi connectivity index (χ1n) is 6.90. The van der Waals surface area contributed by atoms with E-state index in [-0.39, 0.29) is 6.54 Å². The van der Waals surface area contributed by atoms with Crippen LogP contribution in [-0.4, -0.2) is 30.8 Å². The van der Waals surface area contributed by atoms with Gasteiger partial charge in [-0.05, 0) is 25.0 Å². The molecule has 3 N–H and O–H groups in total. The minimum absolute atomic E-state index is 0.0797. The summed E-state index contributed by atoms with van der Waals surface area (Å²) in [6, 6.07) is 6.56. The first kappa shape index (κ1) is 16.8. The van der Waals surface area contributed by atoms with Crippen LogP contribution in [0.25, 0.3) is 0 Å². The Labute approximate surface area is 124 Å². The maximum Gasteiger partial charge on any atom is 0.319 e. The number of carboxylic acid groups (broad SMARTS) is 1. The predicted molar refractivity (Wildman–Crippen MR) is 80.7 cm³/mol. The molecule has 2 amide bonds. The van der Waals surface area contributed by atoms with Crippen molar-refractivity contribution in [3.05, 3.63) is 24.3 Å². The molecule has 0 saturated heterocycles. The topological polar surface area (TPSA) is 87.7 Å². The molecular weight excluding hydrogens is 272 g/mol. The zero-order valence-corrected chi connectivity index (χ0v) is 12.6. The molecule has 116 valence electrons. The van der Waals surface area contributed by atoms with Crippen molar-refractivity contribution in [2.75, 3.05) is 19.0 Å². The van der Waals surface area contributed by atoms with E-state index in [0.717, 1.165) is 0 Å². The quantitative estimate of drug-likeness (QED) is 0.721. The molecule has 0 radical (unpaired) electrons. The Kier molecular flexibility index (Phi) is 6.02. The number of rotatable bonds is 7. The second kappa shape index (κ2) is 7.52. The third-order valence-electron chi connectivity index (χ3n) is 3.75. The Hall–Kier alpha value is -2.24. The number of hydrogen-bond donors (Lipinski definition) is 3. The molecule has 0 aromatic heterocycles. The monoisotopic (exact) mass is 294 g/mol. The third kappa shape index (κ3) is 4.11. The molecule has 21 heavy (non-hydrogen) atoms. The number of ether oxygens (including phenoxy) is 1. The average Bonchev–Trinajstić information content (AvgIpc) is 2.49. The van der Waals surface area contributed by atoms with Crippen LogP contribution >= 0.6 is 0 Å². The summed E-state index contributed by atoms with van der Waals surface area (Å²) in [4.78, 5) is 23.3. The number of benzene rings is 1. The Morgan fingerprint density at radius 3 is 2.38 bits per heavy atom. The fourth-order valence-corrected chi connectivity index (χ4v) is 2.04. The zero-order chi connectivity index (χ0) is 15.9. The van der Waals surface area contributed by atoms with Gasteiger partial charge >= 0.3 is 12.0 Å². The molecule has 0 spiro atoms. The van der Waals surface area contributed by atoms with Crippen LogP contribution < -0.4 is 15.4 Å². The van der Waals surface area contributed by atoms with Gasteiger partial charge in [-0.25, -0.2) is 4.79 Å². The molecule has 1 rings (SSSR count). The molecule has 0 fully saturated rings. The van der Waals surface area contributed by atoms with Gasteiger partial charge in [-0.2, -0.15) is 0 Å². The minimum atomic E-state index is -0.932. The third-order valence-corrected chi connectivity index (χ3v) is 3.75. The van der Waals surface area contributed by atoms with Gasteiger partial charge in [-0.3, -0.25) is 4.79 Å². The van der Waals surface area contributed by atoms with Gasteiger partial charge in [0.05, 0.1) is 18.2 Å². The van der Waals surface area contributed by atoms with E-state index in [1.54, 1.807) is 38.1 Å². The molecule has 6 heteroatoms. The SMILES string of the molecule is CCC(CC)(CNC(=O)Nc1ccccc1OC)C(=O)O. The molecule has 0 atom stereocenters. The molecule has 1 aromatic carbocycles. The van der Waals surface area contributed by atoms with E-state index in [0.29, 0.717) is 24.3 Å².